The normalized spacial score (nSPS) is 23.7. The first-order chi connectivity index (χ1) is 7.00. The predicted octanol–water partition coefficient (Wildman–Crippen LogP) is 0.468. The third-order valence-electron chi connectivity index (χ3n) is 3.07. The minimum Gasteiger partial charge on any atom is -0.480 e. The van der Waals surface area contributed by atoms with Gasteiger partial charge in [0, 0.05) is 6.42 Å². The molecule has 1 saturated heterocycles. The van der Waals surface area contributed by atoms with E-state index in [1.54, 1.807) is 0 Å². The van der Waals surface area contributed by atoms with Gasteiger partial charge in [0.05, 0.1) is 0 Å². The lowest BCUT2D eigenvalue weighted by molar-refractivity contribution is -0.139. The Labute approximate surface area is 89.2 Å². The fourth-order valence-corrected chi connectivity index (χ4v) is 1.93. The molecule has 2 unspecified atom stereocenters. The Balaban J connectivity index is 2.33. The largest absolute Gasteiger partial charge is 0.480 e. The number of hydrogen-bond donors (Lipinski definition) is 2. The van der Waals surface area contributed by atoms with Crippen LogP contribution in [0.4, 0.5) is 4.39 Å². The van der Waals surface area contributed by atoms with E-state index in [9.17, 15) is 9.18 Å². The van der Waals surface area contributed by atoms with Crippen molar-refractivity contribution in [2.45, 2.75) is 31.5 Å². The number of carboxylic acids is 1. The molecular weight excluding hydrogens is 199 g/mol. The summed E-state index contributed by atoms with van der Waals surface area (Å²) in [5.74, 6) is -1.14. The lowest BCUT2D eigenvalue weighted by Gasteiger charge is -2.31. The molecule has 2 atom stereocenters. The molecule has 0 saturated carbocycles. The first-order valence-electron chi connectivity index (χ1n) is 5.31. The van der Waals surface area contributed by atoms with Gasteiger partial charge in [-0.1, -0.05) is 0 Å². The number of halogens is 1. The van der Waals surface area contributed by atoms with Crippen LogP contribution in [0.5, 0.6) is 0 Å². The first-order valence-corrected chi connectivity index (χ1v) is 5.31. The van der Waals surface area contributed by atoms with Crippen LogP contribution in [-0.2, 0) is 4.79 Å². The van der Waals surface area contributed by atoms with E-state index in [2.05, 4.69) is 4.90 Å². The van der Waals surface area contributed by atoms with E-state index in [-0.39, 0.29) is 12.3 Å². The van der Waals surface area contributed by atoms with Gasteiger partial charge in [0.25, 0.3) is 0 Å². The number of piperidine rings is 1. The molecule has 0 amide bonds. The van der Waals surface area contributed by atoms with E-state index in [4.69, 9.17) is 10.8 Å². The Morgan fingerprint density at radius 1 is 1.60 bits per heavy atom. The van der Waals surface area contributed by atoms with Crippen LogP contribution in [0.2, 0.25) is 0 Å². The third kappa shape index (κ3) is 3.76. The van der Waals surface area contributed by atoms with Crippen LogP contribution in [0.15, 0.2) is 0 Å². The molecule has 1 aliphatic heterocycles. The Morgan fingerprint density at radius 3 is 2.60 bits per heavy atom. The molecule has 0 aromatic heterocycles. The quantitative estimate of drug-likeness (QED) is 0.719. The third-order valence-corrected chi connectivity index (χ3v) is 3.07. The number of hydrogen-bond acceptors (Lipinski definition) is 3. The second-order valence-corrected chi connectivity index (χ2v) is 4.34. The average molecular weight is 218 g/mol. The van der Waals surface area contributed by atoms with Gasteiger partial charge >= 0.3 is 5.97 Å². The highest BCUT2D eigenvalue weighted by Crippen LogP contribution is 2.24. The number of aliphatic carboxylic acids is 1. The van der Waals surface area contributed by atoms with E-state index in [0.29, 0.717) is 0 Å². The summed E-state index contributed by atoms with van der Waals surface area (Å²) in [6, 6.07) is -1.07. The molecule has 88 valence electrons. The molecule has 1 heterocycles. The monoisotopic (exact) mass is 218 g/mol. The zero-order chi connectivity index (χ0) is 11.4. The lowest BCUT2D eigenvalue weighted by Crippen LogP contribution is -2.39. The maximum absolute atomic E-state index is 13.7. The second-order valence-electron chi connectivity index (χ2n) is 4.34. The summed E-state index contributed by atoms with van der Waals surface area (Å²) in [5.41, 5.74) is 5.30. The van der Waals surface area contributed by atoms with Crippen molar-refractivity contribution in [1.82, 2.24) is 4.90 Å². The van der Waals surface area contributed by atoms with Crippen molar-refractivity contribution in [2.24, 2.45) is 11.7 Å². The van der Waals surface area contributed by atoms with Gasteiger partial charge in [-0.3, -0.25) is 4.79 Å². The van der Waals surface area contributed by atoms with Gasteiger partial charge < -0.3 is 15.7 Å². The number of likely N-dealkylation sites (tertiary alicyclic amines) is 1. The molecular formula is C10H19FN2O2. The van der Waals surface area contributed by atoms with Gasteiger partial charge in [-0.25, -0.2) is 4.39 Å². The Morgan fingerprint density at radius 2 is 2.13 bits per heavy atom. The summed E-state index contributed by atoms with van der Waals surface area (Å²) < 4.78 is 13.7. The molecule has 5 heteroatoms. The molecule has 0 radical (unpaired) electrons. The fraction of sp³-hybridized carbons (Fsp3) is 0.900. The van der Waals surface area contributed by atoms with E-state index in [1.807, 2.05) is 7.05 Å². The summed E-state index contributed by atoms with van der Waals surface area (Å²) in [5, 5.41) is 8.57. The molecule has 1 aliphatic rings. The molecule has 0 aromatic carbocycles. The van der Waals surface area contributed by atoms with Gasteiger partial charge in [-0.2, -0.15) is 0 Å². The zero-order valence-corrected chi connectivity index (χ0v) is 9.03. The molecule has 0 aromatic rings. The summed E-state index contributed by atoms with van der Waals surface area (Å²) >= 11 is 0. The van der Waals surface area contributed by atoms with Crippen molar-refractivity contribution >= 4 is 5.97 Å². The summed E-state index contributed by atoms with van der Waals surface area (Å²) in [6.07, 6.45) is 0.447. The smallest absolute Gasteiger partial charge is 0.320 e. The van der Waals surface area contributed by atoms with E-state index < -0.39 is 18.2 Å². The second kappa shape index (κ2) is 5.42. The van der Waals surface area contributed by atoms with Gasteiger partial charge in [0.2, 0.25) is 0 Å². The van der Waals surface area contributed by atoms with Crippen molar-refractivity contribution in [2.75, 3.05) is 20.1 Å². The highest BCUT2D eigenvalue weighted by molar-refractivity contribution is 5.73. The van der Waals surface area contributed by atoms with E-state index >= 15 is 0 Å². The van der Waals surface area contributed by atoms with Crippen molar-refractivity contribution in [3.05, 3.63) is 0 Å². The minimum absolute atomic E-state index is 0.0217. The highest BCUT2D eigenvalue weighted by Gasteiger charge is 2.28. The molecule has 0 aliphatic carbocycles. The average Bonchev–Trinajstić information content (AvgIpc) is 2.18. The van der Waals surface area contributed by atoms with Crippen molar-refractivity contribution in [3.8, 4) is 0 Å². The van der Waals surface area contributed by atoms with Crippen LogP contribution >= 0.6 is 0 Å². The summed E-state index contributed by atoms with van der Waals surface area (Å²) in [6.45, 7) is 1.76. The lowest BCUT2D eigenvalue weighted by atomic mass is 9.89. The van der Waals surface area contributed by atoms with Crippen molar-refractivity contribution < 1.29 is 14.3 Å². The summed E-state index contributed by atoms with van der Waals surface area (Å²) in [4.78, 5) is 12.6. The van der Waals surface area contributed by atoms with Gasteiger partial charge in [-0.15, -0.1) is 0 Å². The Hall–Kier alpha value is -0.680. The molecule has 1 rings (SSSR count). The molecule has 0 bridgehead atoms. The highest BCUT2D eigenvalue weighted by atomic mass is 19.1. The van der Waals surface area contributed by atoms with Crippen LogP contribution in [0, 0.1) is 5.92 Å². The van der Waals surface area contributed by atoms with Gasteiger partial charge in [-0.05, 0) is 38.9 Å². The maximum Gasteiger partial charge on any atom is 0.320 e. The van der Waals surface area contributed by atoms with Crippen LogP contribution in [-0.4, -0.2) is 48.3 Å². The number of rotatable bonds is 4. The molecule has 0 spiro atoms. The van der Waals surface area contributed by atoms with E-state index in [1.165, 1.54) is 0 Å². The van der Waals surface area contributed by atoms with Crippen molar-refractivity contribution in [1.29, 1.82) is 0 Å². The number of carboxylic acid groups (broad SMARTS) is 1. The molecule has 4 nitrogen and oxygen atoms in total. The number of nitrogens with two attached hydrogens (primary N) is 1. The standard InChI is InChI=1S/C10H19FN2O2/c1-13-4-2-7(3-5-13)8(11)6-9(12)10(14)15/h7-9H,2-6,12H2,1H3,(H,14,15). The zero-order valence-electron chi connectivity index (χ0n) is 9.03. The molecule has 1 fully saturated rings. The van der Waals surface area contributed by atoms with Gasteiger partial charge in [0.1, 0.15) is 12.2 Å². The number of carbonyl (C=O) groups is 1. The summed E-state index contributed by atoms with van der Waals surface area (Å²) in [7, 11) is 2.01. The van der Waals surface area contributed by atoms with Crippen LogP contribution in [0.1, 0.15) is 19.3 Å². The van der Waals surface area contributed by atoms with Crippen LogP contribution in [0.25, 0.3) is 0 Å². The van der Waals surface area contributed by atoms with E-state index in [0.717, 1.165) is 25.9 Å². The SMILES string of the molecule is CN1CCC(C(F)CC(N)C(=O)O)CC1. The fourth-order valence-electron chi connectivity index (χ4n) is 1.93. The van der Waals surface area contributed by atoms with Crippen LogP contribution in [0.3, 0.4) is 0 Å². The predicted molar refractivity (Wildman–Crippen MR) is 55.3 cm³/mol. The molecule has 15 heavy (non-hydrogen) atoms. The number of nitrogens with zero attached hydrogens (tertiary/aromatic N) is 1. The molecule has 3 N–H and O–H groups in total. The number of alkyl halides is 1. The van der Waals surface area contributed by atoms with Crippen LogP contribution < -0.4 is 5.73 Å². The first kappa shape index (κ1) is 12.4. The minimum atomic E-state index is -1.12. The van der Waals surface area contributed by atoms with Gasteiger partial charge in [0.15, 0.2) is 0 Å². The Kier molecular flexibility index (Phi) is 4.47. The maximum atomic E-state index is 13.7. The Bertz CT molecular complexity index is 217. The topological polar surface area (TPSA) is 66.6 Å². The van der Waals surface area contributed by atoms with Crippen molar-refractivity contribution in [3.63, 3.8) is 0 Å².